The fraction of sp³-hybridized carbons (Fsp3) is 0.222. The Morgan fingerprint density at radius 2 is 1.78 bits per heavy atom. The lowest BCUT2D eigenvalue weighted by Crippen LogP contribution is -2.21. The molecule has 5 heteroatoms. The van der Waals surface area contributed by atoms with E-state index in [-0.39, 0.29) is 5.69 Å². The van der Waals surface area contributed by atoms with Crippen LogP contribution in [-0.2, 0) is 0 Å². The SMILES string of the molecule is CCN(CC)c1oc2cc([N+](=O)[O-])ccc2c1-c1ccccc1. The largest absolute Gasteiger partial charge is 0.440 e. The van der Waals surface area contributed by atoms with Gasteiger partial charge in [0.25, 0.3) is 5.69 Å². The van der Waals surface area contributed by atoms with Gasteiger partial charge in [-0.05, 0) is 25.5 Å². The Balaban J connectivity index is 2.29. The molecule has 3 aromatic rings. The minimum Gasteiger partial charge on any atom is -0.440 e. The molecule has 0 aliphatic rings. The minimum atomic E-state index is -0.402. The number of furan rings is 1. The molecule has 0 amide bonds. The molecule has 0 saturated carbocycles. The molecular weight excluding hydrogens is 292 g/mol. The lowest BCUT2D eigenvalue weighted by atomic mass is 10.0. The van der Waals surface area contributed by atoms with Crippen LogP contribution in [-0.4, -0.2) is 18.0 Å². The zero-order chi connectivity index (χ0) is 16.4. The van der Waals surface area contributed by atoms with E-state index in [4.69, 9.17) is 4.42 Å². The molecule has 1 aromatic heterocycles. The zero-order valence-corrected chi connectivity index (χ0v) is 13.2. The summed E-state index contributed by atoms with van der Waals surface area (Å²) in [4.78, 5) is 12.7. The maximum absolute atomic E-state index is 11.0. The van der Waals surface area contributed by atoms with Crippen molar-refractivity contribution in [2.24, 2.45) is 0 Å². The van der Waals surface area contributed by atoms with Crippen LogP contribution >= 0.6 is 0 Å². The van der Waals surface area contributed by atoms with Crippen LogP contribution < -0.4 is 4.90 Å². The van der Waals surface area contributed by atoms with Crippen LogP contribution in [0.15, 0.2) is 52.9 Å². The number of rotatable bonds is 5. The molecule has 0 saturated heterocycles. The van der Waals surface area contributed by atoms with Gasteiger partial charge in [-0.1, -0.05) is 30.3 Å². The number of hydrogen-bond acceptors (Lipinski definition) is 4. The van der Waals surface area contributed by atoms with Crippen LogP contribution in [0.4, 0.5) is 11.6 Å². The number of benzene rings is 2. The fourth-order valence-electron chi connectivity index (χ4n) is 2.80. The number of nitrogens with zero attached hydrogens (tertiary/aromatic N) is 2. The highest BCUT2D eigenvalue weighted by molar-refractivity contribution is 6.01. The fourth-order valence-corrected chi connectivity index (χ4v) is 2.80. The van der Waals surface area contributed by atoms with Gasteiger partial charge in [0.05, 0.1) is 16.6 Å². The molecule has 118 valence electrons. The van der Waals surface area contributed by atoms with Crippen LogP contribution in [0.25, 0.3) is 22.1 Å². The molecule has 5 nitrogen and oxygen atoms in total. The molecule has 2 aromatic carbocycles. The van der Waals surface area contributed by atoms with Crippen molar-refractivity contribution in [3.05, 3.63) is 58.6 Å². The summed E-state index contributed by atoms with van der Waals surface area (Å²) in [5, 5.41) is 11.9. The summed E-state index contributed by atoms with van der Waals surface area (Å²) in [5.41, 5.74) is 2.61. The molecule has 0 spiro atoms. The van der Waals surface area contributed by atoms with Gasteiger partial charge in [0.2, 0.25) is 5.88 Å². The molecule has 0 aliphatic heterocycles. The van der Waals surface area contributed by atoms with E-state index in [1.54, 1.807) is 6.07 Å². The zero-order valence-electron chi connectivity index (χ0n) is 13.2. The third-order valence-electron chi connectivity index (χ3n) is 3.98. The quantitative estimate of drug-likeness (QED) is 0.499. The first kappa shape index (κ1) is 15.1. The van der Waals surface area contributed by atoms with Crippen LogP contribution in [0.1, 0.15) is 13.8 Å². The van der Waals surface area contributed by atoms with Gasteiger partial charge in [0.15, 0.2) is 0 Å². The summed E-state index contributed by atoms with van der Waals surface area (Å²) in [6, 6.07) is 14.8. The van der Waals surface area contributed by atoms with Crippen LogP contribution in [0.5, 0.6) is 0 Å². The van der Waals surface area contributed by atoms with Crippen molar-refractivity contribution in [3.63, 3.8) is 0 Å². The highest BCUT2D eigenvalue weighted by Gasteiger charge is 2.21. The molecule has 0 aliphatic carbocycles. The van der Waals surface area contributed by atoms with Gasteiger partial charge in [-0.25, -0.2) is 0 Å². The Bertz CT molecular complexity index is 836. The lowest BCUT2D eigenvalue weighted by molar-refractivity contribution is -0.384. The third kappa shape index (κ3) is 2.65. The predicted molar refractivity (Wildman–Crippen MR) is 91.9 cm³/mol. The average molecular weight is 310 g/mol. The van der Waals surface area contributed by atoms with Crippen molar-refractivity contribution in [2.75, 3.05) is 18.0 Å². The highest BCUT2D eigenvalue weighted by Crippen LogP contribution is 2.41. The van der Waals surface area contributed by atoms with Gasteiger partial charge >= 0.3 is 0 Å². The minimum absolute atomic E-state index is 0.0389. The third-order valence-corrected chi connectivity index (χ3v) is 3.98. The van der Waals surface area contributed by atoms with Crippen molar-refractivity contribution in [1.82, 2.24) is 0 Å². The van der Waals surface area contributed by atoms with E-state index in [1.807, 2.05) is 30.3 Å². The van der Waals surface area contributed by atoms with Crippen molar-refractivity contribution >= 4 is 22.5 Å². The van der Waals surface area contributed by atoms with Crippen molar-refractivity contribution in [1.29, 1.82) is 0 Å². The molecule has 0 atom stereocenters. The second-order valence-corrected chi connectivity index (χ2v) is 5.26. The Hall–Kier alpha value is -2.82. The van der Waals surface area contributed by atoms with Crippen LogP contribution in [0.2, 0.25) is 0 Å². The Morgan fingerprint density at radius 1 is 1.09 bits per heavy atom. The molecule has 0 N–H and O–H groups in total. The highest BCUT2D eigenvalue weighted by atomic mass is 16.6. The van der Waals surface area contributed by atoms with Gasteiger partial charge in [-0.15, -0.1) is 0 Å². The molecule has 0 unspecified atom stereocenters. The number of nitro benzene ring substituents is 1. The van der Waals surface area contributed by atoms with Crippen LogP contribution in [0.3, 0.4) is 0 Å². The lowest BCUT2D eigenvalue weighted by Gasteiger charge is -2.19. The van der Waals surface area contributed by atoms with Crippen molar-refractivity contribution in [3.8, 4) is 11.1 Å². The molecule has 23 heavy (non-hydrogen) atoms. The van der Waals surface area contributed by atoms with Crippen molar-refractivity contribution in [2.45, 2.75) is 13.8 Å². The summed E-state index contributed by atoms with van der Waals surface area (Å²) in [5.74, 6) is 0.761. The van der Waals surface area contributed by atoms with Gasteiger partial charge in [0, 0.05) is 24.5 Å². The van der Waals surface area contributed by atoms with E-state index >= 15 is 0 Å². The summed E-state index contributed by atoms with van der Waals surface area (Å²) in [7, 11) is 0. The predicted octanol–water partition coefficient (Wildman–Crippen LogP) is 4.85. The van der Waals surface area contributed by atoms with E-state index in [2.05, 4.69) is 18.7 Å². The number of non-ortho nitro benzene ring substituents is 1. The summed E-state index contributed by atoms with van der Waals surface area (Å²) in [6.07, 6.45) is 0. The number of anilines is 1. The van der Waals surface area contributed by atoms with Gasteiger partial charge < -0.3 is 9.32 Å². The average Bonchev–Trinajstić information content (AvgIpc) is 2.95. The molecule has 0 bridgehead atoms. The molecular formula is C18H18N2O3. The molecule has 0 radical (unpaired) electrons. The summed E-state index contributed by atoms with van der Waals surface area (Å²) < 4.78 is 6.01. The maximum atomic E-state index is 11.0. The monoisotopic (exact) mass is 310 g/mol. The van der Waals surface area contributed by atoms with Gasteiger partial charge in [-0.3, -0.25) is 10.1 Å². The Labute approximate surface area is 134 Å². The first-order chi connectivity index (χ1) is 11.2. The first-order valence-electron chi connectivity index (χ1n) is 7.67. The number of fused-ring (bicyclic) bond motifs is 1. The second kappa shape index (κ2) is 6.12. The normalized spacial score (nSPS) is 10.9. The molecule has 0 fully saturated rings. The molecule has 1 heterocycles. The van der Waals surface area contributed by atoms with E-state index in [0.717, 1.165) is 35.5 Å². The van der Waals surface area contributed by atoms with Crippen molar-refractivity contribution < 1.29 is 9.34 Å². The topological polar surface area (TPSA) is 59.5 Å². The maximum Gasteiger partial charge on any atom is 0.273 e. The Kier molecular flexibility index (Phi) is 4.02. The van der Waals surface area contributed by atoms with E-state index in [1.165, 1.54) is 12.1 Å². The van der Waals surface area contributed by atoms with Crippen LogP contribution in [0, 0.1) is 10.1 Å². The number of hydrogen-bond donors (Lipinski definition) is 0. The first-order valence-corrected chi connectivity index (χ1v) is 7.67. The number of nitro groups is 1. The summed E-state index contributed by atoms with van der Waals surface area (Å²) in [6.45, 7) is 5.73. The Morgan fingerprint density at radius 3 is 2.39 bits per heavy atom. The smallest absolute Gasteiger partial charge is 0.273 e. The van der Waals surface area contributed by atoms with E-state index in [0.29, 0.717) is 5.58 Å². The summed E-state index contributed by atoms with van der Waals surface area (Å²) >= 11 is 0. The second-order valence-electron chi connectivity index (χ2n) is 5.26. The van der Waals surface area contributed by atoms with E-state index < -0.39 is 4.92 Å². The van der Waals surface area contributed by atoms with E-state index in [9.17, 15) is 10.1 Å². The molecule has 3 rings (SSSR count). The standard InChI is InChI=1S/C18H18N2O3/c1-3-19(4-2)18-17(13-8-6-5-7-9-13)15-11-10-14(20(21)22)12-16(15)23-18/h5-12H,3-4H2,1-2H3. The van der Waals surface area contributed by atoms with Gasteiger partial charge in [-0.2, -0.15) is 0 Å². The van der Waals surface area contributed by atoms with Gasteiger partial charge in [0.1, 0.15) is 5.58 Å².